The second kappa shape index (κ2) is 6.57. The Hall–Kier alpha value is -1.41. The van der Waals surface area contributed by atoms with E-state index in [1.165, 1.54) is 0 Å². The van der Waals surface area contributed by atoms with Crippen molar-refractivity contribution in [3.8, 4) is 0 Å². The van der Waals surface area contributed by atoms with Crippen molar-refractivity contribution in [2.45, 2.75) is 6.92 Å². The topological polar surface area (TPSA) is 63.2 Å². The number of rotatable bonds is 5. The lowest BCUT2D eigenvalue weighted by atomic mass is 10.0. The average molecular weight is 415 g/mol. The highest BCUT2D eigenvalue weighted by Crippen LogP contribution is 2.18. The van der Waals surface area contributed by atoms with Gasteiger partial charge in [-0.05, 0) is 65.9 Å². The normalized spacial score (nSPS) is 11.1. The van der Waals surface area contributed by atoms with E-state index in [0.29, 0.717) is 16.8 Å². The Morgan fingerprint density at radius 3 is 2.29 bits per heavy atom. The molecule has 2 rings (SSSR count). The summed E-state index contributed by atoms with van der Waals surface area (Å²) < 4.78 is 26.3. The molecular weight excluding hydrogens is 401 g/mol. The predicted octanol–water partition coefficient (Wildman–Crippen LogP) is 3.28. The lowest BCUT2D eigenvalue weighted by Gasteiger charge is -2.07. The molecule has 2 aromatic rings. The standard InChI is InChI=1S/C15H14INO3S/c1-2-21(19,20)17-12-9-7-11(8-10-12)15(18)13-5-3-4-6-14(13)16/h3-10,17H,2H2,1H3. The minimum Gasteiger partial charge on any atom is -0.289 e. The zero-order valence-electron chi connectivity index (χ0n) is 11.3. The number of hydrogen-bond donors (Lipinski definition) is 1. The average Bonchev–Trinajstić information content (AvgIpc) is 2.47. The third-order valence-electron chi connectivity index (χ3n) is 2.92. The smallest absolute Gasteiger partial charge is 0.232 e. The van der Waals surface area contributed by atoms with Crippen LogP contribution in [-0.2, 0) is 10.0 Å². The number of carbonyl (C=O) groups excluding carboxylic acids is 1. The molecule has 0 atom stereocenters. The molecule has 0 unspecified atom stereocenters. The molecule has 0 aliphatic carbocycles. The number of carbonyl (C=O) groups is 1. The van der Waals surface area contributed by atoms with Gasteiger partial charge in [0.25, 0.3) is 0 Å². The van der Waals surface area contributed by atoms with Crippen LogP contribution in [0.4, 0.5) is 5.69 Å². The number of benzene rings is 2. The Kier molecular flexibility index (Phi) is 5.00. The molecule has 21 heavy (non-hydrogen) atoms. The van der Waals surface area contributed by atoms with Crippen molar-refractivity contribution in [3.05, 3.63) is 63.2 Å². The summed E-state index contributed by atoms with van der Waals surface area (Å²) in [5.41, 5.74) is 1.62. The number of nitrogens with one attached hydrogen (secondary N) is 1. The molecule has 0 saturated carbocycles. The SMILES string of the molecule is CCS(=O)(=O)Nc1ccc(C(=O)c2ccccc2I)cc1. The highest BCUT2D eigenvalue weighted by Gasteiger charge is 2.12. The van der Waals surface area contributed by atoms with Crippen molar-refractivity contribution in [1.82, 2.24) is 0 Å². The predicted molar refractivity (Wildman–Crippen MR) is 92.1 cm³/mol. The van der Waals surface area contributed by atoms with Gasteiger partial charge in [-0.1, -0.05) is 12.1 Å². The first-order valence-electron chi connectivity index (χ1n) is 6.33. The summed E-state index contributed by atoms with van der Waals surface area (Å²) in [4.78, 5) is 12.4. The first-order chi connectivity index (χ1) is 9.93. The molecule has 0 heterocycles. The van der Waals surface area contributed by atoms with Gasteiger partial charge in [0, 0.05) is 20.4 Å². The van der Waals surface area contributed by atoms with Crippen LogP contribution in [0.1, 0.15) is 22.8 Å². The number of ketones is 1. The molecule has 0 fully saturated rings. The van der Waals surface area contributed by atoms with Gasteiger partial charge in [0.1, 0.15) is 0 Å². The lowest BCUT2D eigenvalue weighted by Crippen LogP contribution is -2.14. The summed E-state index contributed by atoms with van der Waals surface area (Å²) in [6.45, 7) is 1.57. The molecule has 0 aliphatic rings. The van der Waals surface area contributed by atoms with Crippen LogP contribution in [0.2, 0.25) is 0 Å². The van der Waals surface area contributed by atoms with Crippen LogP contribution < -0.4 is 4.72 Å². The number of sulfonamides is 1. The highest BCUT2D eigenvalue weighted by atomic mass is 127. The Balaban J connectivity index is 2.24. The summed E-state index contributed by atoms with van der Waals surface area (Å²) in [5.74, 6) is -0.0690. The van der Waals surface area contributed by atoms with Crippen LogP contribution in [0.5, 0.6) is 0 Å². The van der Waals surface area contributed by atoms with Crippen LogP contribution in [0.15, 0.2) is 48.5 Å². The van der Waals surface area contributed by atoms with Gasteiger partial charge in [-0.3, -0.25) is 9.52 Å². The highest BCUT2D eigenvalue weighted by molar-refractivity contribution is 14.1. The van der Waals surface area contributed by atoms with Crippen LogP contribution in [0, 0.1) is 3.57 Å². The molecule has 0 radical (unpaired) electrons. The maximum Gasteiger partial charge on any atom is 0.232 e. The summed E-state index contributed by atoms with van der Waals surface area (Å²) in [7, 11) is -3.30. The fraction of sp³-hybridized carbons (Fsp3) is 0.133. The molecule has 0 saturated heterocycles. The van der Waals surface area contributed by atoms with Gasteiger partial charge < -0.3 is 0 Å². The Bertz CT molecular complexity index is 755. The molecule has 0 spiro atoms. The molecule has 0 aliphatic heterocycles. The Morgan fingerprint density at radius 2 is 1.71 bits per heavy atom. The van der Waals surface area contributed by atoms with Gasteiger partial charge in [-0.15, -0.1) is 0 Å². The number of halogens is 1. The van der Waals surface area contributed by atoms with E-state index in [9.17, 15) is 13.2 Å². The van der Waals surface area contributed by atoms with E-state index in [0.717, 1.165) is 3.57 Å². The minimum absolute atomic E-state index is 0.00981. The van der Waals surface area contributed by atoms with Crippen molar-refractivity contribution >= 4 is 44.1 Å². The van der Waals surface area contributed by atoms with Gasteiger partial charge >= 0.3 is 0 Å². The Morgan fingerprint density at radius 1 is 1.10 bits per heavy atom. The van der Waals surface area contributed by atoms with Crippen molar-refractivity contribution in [2.24, 2.45) is 0 Å². The van der Waals surface area contributed by atoms with Gasteiger partial charge in [0.05, 0.1) is 5.75 Å². The minimum atomic E-state index is -3.30. The van der Waals surface area contributed by atoms with E-state index < -0.39 is 10.0 Å². The van der Waals surface area contributed by atoms with E-state index in [1.807, 2.05) is 18.2 Å². The first-order valence-corrected chi connectivity index (χ1v) is 9.06. The van der Waals surface area contributed by atoms with Crippen LogP contribution >= 0.6 is 22.6 Å². The van der Waals surface area contributed by atoms with E-state index in [2.05, 4.69) is 27.3 Å². The van der Waals surface area contributed by atoms with Crippen molar-refractivity contribution in [1.29, 1.82) is 0 Å². The van der Waals surface area contributed by atoms with Crippen molar-refractivity contribution in [2.75, 3.05) is 10.5 Å². The second-order valence-corrected chi connectivity index (χ2v) is 7.56. The number of anilines is 1. The maximum absolute atomic E-state index is 12.4. The van der Waals surface area contributed by atoms with E-state index in [1.54, 1.807) is 37.3 Å². The zero-order chi connectivity index (χ0) is 15.5. The summed E-state index contributed by atoms with van der Waals surface area (Å²) in [6, 6.07) is 13.8. The maximum atomic E-state index is 12.4. The molecule has 0 amide bonds. The molecule has 0 aromatic heterocycles. The molecule has 2 aromatic carbocycles. The Labute approximate surface area is 137 Å². The van der Waals surface area contributed by atoms with Crippen LogP contribution in [-0.4, -0.2) is 20.0 Å². The molecule has 1 N–H and O–H groups in total. The largest absolute Gasteiger partial charge is 0.289 e. The zero-order valence-corrected chi connectivity index (χ0v) is 14.3. The molecular formula is C15H14INO3S. The number of hydrogen-bond acceptors (Lipinski definition) is 3. The third-order valence-corrected chi connectivity index (χ3v) is 5.17. The van der Waals surface area contributed by atoms with Gasteiger partial charge in [0.15, 0.2) is 5.78 Å². The van der Waals surface area contributed by atoms with Crippen molar-refractivity contribution < 1.29 is 13.2 Å². The summed E-state index contributed by atoms with van der Waals surface area (Å²) in [5, 5.41) is 0. The van der Waals surface area contributed by atoms with Crippen LogP contribution in [0.25, 0.3) is 0 Å². The quantitative estimate of drug-likeness (QED) is 0.602. The second-order valence-electron chi connectivity index (χ2n) is 4.39. The lowest BCUT2D eigenvalue weighted by molar-refractivity contribution is 0.103. The third kappa shape index (κ3) is 4.04. The first kappa shape index (κ1) is 16.0. The monoisotopic (exact) mass is 415 g/mol. The molecule has 0 bridgehead atoms. The summed E-state index contributed by atoms with van der Waals surface area (Å²) in [6.07, 6.45) is 0. The van der Waals surface area contributed by atoms with Gasteiger partial charge in [0.2, 0.25) is 10.0 Å². The van der Waals surface area contributed by atoms with E-state index >= 15 is 0 Å². The fourth-order valence-electron chi connectivity index (χ4n) is 1.74. The van der Waals surface area contributed by atoms with Crippen molar-refractivity contribution in [3.63, 3.8) is 0 Å². The van der Waals surface area contributed by atoms with E-state index in [-0.39, 0.29) is 11.5 Å². The molecule has 110 valence electrons. The fourth-order valence-corrected chi connectivity index (χ4v) is 3.01. The summed E-state index contributed by atoms with van der Waals surface area (Å²) >= 11 is 2.12. The molecule has 4 nitrogen and oxygen atoms in total. The molecule has 6 heteroatoms. The van der Waals surface area contributed by atoms with E-state index in [4.69, 9.17) is 0 Å². The van der Waals surface area contributed by atoms with Gasteiger partial charge in [-0.25, -0.2) is 8.42 Å². The van der Waals surface area contributed by atoms with Gasteiger partial charge in [-0.2, -0.15) is 0 Å². The van der Waals surface area contributed by atoms with Crippen LogP contribution in [0.3, 0.4) is 0 Å².